The highest BCUT2D eigenvalue weighted by molar-refractivity contribution is 7.98. The molecule has 2 aromatic heterocycles. The second-order valence-electron chi connectivity index (χ2n) is 4.29. The smallest absolute Gasteiger partial charge is 0.210 e. The lowest BCUT2D eigenvalue weighted by Gasteiger charge is -2.03. The molecule has 5 nitrogen and oxygen atoms in total. The number of nitrogens with two attached hydrogens (primary N) is 1. The molecule has 0 atom stereocenters. The fraction of sp³-hybridized carbons (Fsp3) is 0.0714. The van der Waals surface area contributed by atoms with E-state index in [-0.39, 0.29) is 5.82 Å². The van der Waals surface area contributed by atoms with E-state index in [1.54, 1.807) is 18.3 Å². The predicted molar refractivity (Wildman–Crippen MR) is 79.4 cm³/mol. The number of aromatic nitrogens is 4. The number of nitrogens with zero attached hydrogens (tertiary/aromatic N) is 4. The van der Waals surface area contributed by atoms with Crippen molar-refractivity contribution in [3.8, 4) is 11.4 Å². The van der Waals surface area contributed by atoms with Crippen molar-refractivity contribution in [3.05, 3.63) is 60.2 Å². The number of rotatable bonds is 4. The number of hydrogen-bond acceptors (Lipinski definition) is 5. The summed E-state index contributed by atoms with van der Waals surface area (Å²) in [6, 6.07) is 11.7. The Labute approximate surface area is 125 Å². The third-order valence-electron chi connectivity index (χ3n) is 2.84. The maximum Gasteiger partial charge on any atom is 0.210 e. The lowest BCUT2D eigenvalue weighted by Crippen LogP contribution is -2.11. The quantitative estimate of drug-likeness (QED) is 0.592. The van der Waals surface area contributed by atoms with E-state index < -0.39 is 0 Å². The number of hydrogen-bond donors (Lipinski definition) is 1. The molecule has 0 aliphatic heterocycles. The van der Waals surface area contributed by atoms with Gasteiger partial charge >= 0.3 is 0 Å². The largest absolute Gasteiger partial charge is 0.335 e. The Bertz CT molecular complexity index is 727. The summed E-state index contributed by atoms with van der Waals surface area (Å²) >= 11 is 1.45. The van der Waals surface area contributed by atoms with Crippen molar-refractivity contribution >= 4 is 11.8 Å². The zero-order valence-electron chi connectivity index (χ0n) is 11.0. The minimum absolute atomic E-state index is 0.299. The van der Waals surface area contributed by atoms with Crippen LogP contribution < -0.4 is 5.84 Å². The van der Waals surface area contributed by atoms with E-state index in [1.165, 1.54) is 28.6 Å². The third kappa shape index (κ3) is 3.03. The van der Waals surface area contributed by atoms with E-state index in [9.17, 15) is 4.39 Å². The topological polar surface area (TPSA) is 69.6 Å². The fourth-order valence-corrected chi connectivity index (χ4v) is 2.57. The molecule has 3 rings (SSSR count). The van der Waals surface area contributed by atoms with Crippen LogP contribution >= 0.6 is 11.8 Å². The zero-order valence-corrected chi connectivity index (χ0v) is 11.8. The lowest BCUT2D eigenvalue weighted by atomic mass is 10.2. The predicted octanol–water partition coefficient (Wildman–Crippen LogP) is 2.49. The minimum atomic E-state index is -0.299. The molecule has 0 aliphatic carbocycles. The molecule has 0 bridgehead atoms. The zero-order chi connectivity index (χ0) is 14.7. The molecule has 0 aliphatic rings. The number of halogens is 1. The first kappa shape index (κ1) is 13.6. The fourth-order valence-electron chi connectivity index (χ4n) is 1.79. The molecular weight excluding hydrogens is 289 g/mol. The molecule has 1 aromatic carbocycles. The molecule has 0 radical (unpaired) electrons. The number of benzene rings is 1. The van der Waals surface area contributed by atoms with Crippen LogP contribution in [-0.4, -0.2) is 19.9 Å². The molecule has 7 heteroatoms. The van der Waals surface area contributed by atoms with Gasteiger partial charge in [-0.1, -0.05) is 17.8 Å². The van der Waals surface area contributed by atoms with Crippen LogP contribution in [0.4, 0.5) is 4.39 Å². The molecule has 106 valence electrons. The van der Waals surface area contributed by atoms with E-state index in [2.05, 4.69) is 15.2 Å². The first-order chi connectivity index (χ1) is 10.2. The number of thioether (sulfide) groups is 1. The Morgan fingerprint density at radius 2 is 1.90 bits per heavy atom. The summed E-state index contributed by atoms with van der Waals surface area (Å²) in [5.74, 6) is 6.85. The van der Waals surface area contributed by atoms with Gasteiger partial charge in [0.25, 0.3) is 0 Å². The van der Waals surface area contributed by atoms with Gasteiger partial charge in [0, 0.05) is 17.5 Å². The maximum atomic E-state index is 12.9. The summed E-state index contributed by atoms with van der Waals surface area (Å²) in [4.78, 5) is 4.24. The van der Waals surface area contributed by atoms with Gasteiger partial charge in [0.2, 0.25) is 5.16 Å². The van der Waals surface area contributed by atoms with E-state index >= 15 is 0 Å². The summed E-state index contributed by atoms with van der Waals surface area (Å²) in [7, 11) is 0. The van der Waals surface area contributed by atoms with Crippen LogP contribution in [0, 0.1) is 5.82 Å². The Kier molecular flexibility index (Phi) is 3.83. The molecule has 2 N–H and O–H groups in total. The Morgan fingerprint density at radius 1 is 1.10 bits per heavy atom. The monoisotopic (exact) mass is 301 g/mol. The Balaban J connectivity index is 1.78. The van der Waals surface area contributed by atoms with Gasteiger partial charge in [0.15, 0.2) is 5.82 Å². The average molecular weight is 301 g/mol. The second-order valence-corrected chi connectivity index (χ2v) is 5.24. The van der Waals surface area contributed by atoms with Gasteiger partial charge in [-0.15, -0.1) is 10.2 Å². The minimum Gasteiger partial charge on any atom is -0.335 e. The summed E-state index contributed by atoms with van der Waals surface area (Å²) in [5, 5.41) is 8.69. The highest BCUT2D eigenvalue weighted by atomic mass is 32.2. The molecule has 0 saturated carbocycles. The summed E-state index contributed by atoms with van der Waals surface area (Å²) in [5.41, 5.74) is 1.66. The van der Waals surface area contributed by atoms with Crippen molar-refractivity contribution in [1.82, 2.24) is 19.9 Å². The SMILES string of the molecule is Nn1c(SCc2ccccn2)nnc1-c1ccc(F)cc1. The highest BCUT2D eigenvalue weighted by Gasteiger charge is 2.12. The Hall–Kier alpha value is -2.41. The van der Waals surface area contributed by atoms with Gasteiger partial charge in [-0.25, -0.2) is 9.07 Å². The van der Waals surface area contributed by atoms with Crippen molar-refractivity contribution in [3.63, 3.8) is 0 Å². The van der Waals surface area contributed by atoms with Crippen molar-refractivity contribution in [1.29, 1.82) is 0 Å². The molecule has 2 heterocycles. The molecule has 0 fully saturated rings. The van der Waals surface area contributed by atoms with E-state index in [1.807, 2.05) is 18.2 Å². The van der Waals surface area contributed by atoms with Gasteiger partial charge in [0.05, 0.1) is 5.69 Å². The molecule has 0 unspecified atom stereocenters. The maximum absolute atomic E-state index is 12.9. The van der Waals surface area contributed by atoms with Gasteiger partial charge in [-0.3, -0.25) is 4.98 Å². The number of nitrogen functional groups attached to an aromatic ring is 1. The highest BCUT2D eigenvalue weighted by Crippen LogP contribution is 2.23. The van der Waals surface area contributed by atoms with Gasteiger partial charge in [-0.2, -0.15) is 0 Å². The number of pyridine rings is 1. The molecule has 3 aromatic rings. The van der Waals surface area contributed by atoms with Gasteiger partial charge in [-0.05, 0) is 36.4 Å². The van der Waals surface area contributed by atoms with Crippen LogP contribution in [0.25, 0.3) is 11.4 Å². The second kappa shape index (κ2) is 5.92. The van der Waals surface area contributed by atoms with Crippen LogP contribution in [-0.2, 0) is 5.75 Å². The molecular formula is C14H12FN5S. The van der Waals surface area contributed by atoms with Crippen molar-refractivity contribution in [2.45, 2.75) is 10.9 Å². The lowest BCUT2D eigenvalue weighted by molar-refractivity contribution is 0.628. The normalized spacial score (nSPS) is 10.7. The van der Waals surface area contributed by atoms with Gasteiger partial charge < -0.3 is 5.84 Å². The third-order valence-corrected chi connectivity index (χ3v) is 3.82. The molecule has 21 heavy (non-hydrogen) atoms. The van der Waals surface area contributed by atoms with Crippen molar-refractivity contribution < 1.29 is 4.39 Å². The molecule has 0 saturated heterocycles. The standard InChI is InChI=1S/C14H12FN5S/c15-11-6-4-10(5-7-11)13-18-19-14(20(13)16)21-9-12-3-1-2-8-17-12/h1-8H,9,16H2. The molecule has 0 spiro atoms. The van der Waals surface area contributed by atoms with Crippen LogP contribution in [0.5, 0.6) is 0 Å². The van der Waals surface area contributed by atoms with E-state index in [0.29, 0.717) is 16.7 Å². The summed E-state index contributed by atoms with van der Waals surface area (Å²) in [6.45, 7) is 0. The van der Waals surface area contributed by atoms with Crippen LogP contribution in [0.2, 0.25) is 0 Å². The summed E-state index contributed by atoms with van der Waals surface area (Å²) in [6.07, 6.45) is 1.74. The first-order valence-electron chi connectivity index (χ1n) is 6.23. The Morgan fingerprint density at radius 3 is 2.62 bits per heavy atom. The van der Waals surface area contributed by atoms with Crippen molar-refractivity contribution in [2.24, 2.45) is 0 Å². The van der Waals surface area contributed by atoms with Crippen LogP contribution in [0.3, 0.4) is 0 Å². The van der Waals surface area contributed by atoms with E-state index in [4.69, 9.17) is 5.84 Å². The summed E-state index contributed by atoms with van der Waals surface area (Å²) < 4.78 is 14.3. The van der Waals surface area contributed by atoms with Crippen LogP contribution in [0.15, 0.2) is 53.8 Å². The van der Waals surface area contributed by atoms with E-state index in [0.717, 1.165) is 11.3 Å². The molecule has 0 amide bonds. The van der Waals surface area contributed by atoms with Gasteiger partial charge in [0.1, 0.15) is 5.82 Å². The first-order valence-corrected chi connectivity index (χ1v) is 7.22. The average Bonchev–Trinajstić information content (AvgIpc) is 2.88. The van der Waals surface area contributed by atoms with Crippen molar-refractivity contribution in [2.75, 3.05) is 5.84 Å². The van der Waals surface area contributed by atoms with Crippen LogP contribution in [0.1, 0.15) is 5.69 Å².